The fraction of sp³-hybridized carbons (Fsp3) is 0.667. The molecule has 5 atom stereocenters. The first kappa shape index (κ1) is 30.5. The molecule has 0 radical (unpaired) electrons. The summed E-state index contributed by atoms with van der Waals surface area (Å²) in [6.45, 7) is 0.462. The molecule has 0 saturated heterocycles. The van der Waals surface area contributed by atoms with Crippen LogP contribution in [0.15, 0.2) is 4.99 Å². The van der Waals surface area contributed by atoms with Gasteiger partial charge in [-0.05, 0) is 26.2 Å². The lowest BCUT2D eigenvalue weighted by molar-refractivity contribution is -0.143. The van der Waals surface area contributed by atoms with E-state index >= 15 is 0 Å². The van der Waals surface area contributed by atoms with Gasteiger partial charge in [-0.25, -0.2) is 4.79 Å². The number of nitrogens with one attached hydrogen (secondary N) is 3. The number of aliphatic imine (C=N–C) groups is 1. The number of carboxylic acids is 2. The summed E-state index contributed by atoms with van der Waals surface area (Å²) in [7, 11) is 0. The number of carbonyl (C=O) groups is 5. The van der Waals surface area contributed by atoms with Gasteiger partial charge in [0.25, 0.3) is 0 Å². The number of nitrogens with two attached hydrogens (primary N) is 3. The van der Waals surface area contributed by atoms with Crippen molar-refractivity contribution in [1.82, 2.24) is 16.0 Å². The van der Waals surface area contributed by atoms with Gasteiger partial charge in [-0.1, -0.05) is 0 Å². The molecule has 3 amide bonds. The molecule has 0 saturated carbocycles. The molecule has 0 aromatic rings. The molecule has 16 nitrogen and oxygen atoms in total. The molecule has 0 aromatic carbocycles. The zero-order valence-corrected chi connectivity index (χ0v) is 18.6. The number of rotatable bonds is 16. The second-order valence-electron chi connectivity index (χ2n) is 7.36. The molecule has 0 aromatic heterocycles. The summed E-state index contributed by atoms with van der Waals surface area (Å²) in [5.41, 5.74) is 16.1. The van der Waals surface area contributed by atoms with Crippen molar-refractivity contribution in [2.75, 3.05) is 13.2 Å². The summed E-state index contributed by atoms with van der Waals surface area (Å²) in [5.74, 6) is -5.86. The molecule has 5 unspecified atom stereocenters. The molecule has 0 aliphatic carbocycles. The van der Waals surface area contributed by atoms with Crippen LogP contribution in [-0.2, 0) is 24.0 Å². The Morgan fingerprint density at radius 2 is 1.50 bits per heavy atom. The molecule has 13 N–H and O–H groups in total. The van der Waals surface area contributed by atoms with Crippen LogP contribution in [0.4, 0.5) is 0 Å². The summed E-state index contributed by atoms with van der Waals surface area (Å²) >= 11 is 0. The van der Waals surface area contributed by atoms with Gasteiger partial charge in [0.15, 0.2) is 5.96 Å². The first-order chi connectivity index (χ1) is 15.8. The van der Waals surface area contributed by atoms with Gasteiger partial charge >= 0.3 is 11.9 Å². The molecule has 0 aliphatic heterocycles. The van der Waals surface area contributed by atoms with E-state index in [0.29, 0.717) is 6.42 Å². The highest BCUT2D eigenvalue weighted by molar-refractivity contribution is 5.94. The first-order valence-corrected chi connectivity index (χ1v) is 10.3. The van der Waals surface area contributed by atoms with Crippen molar-refractivity contribution >= 4 is 35.6 Å². The third-order valence-electron chi connectivity index (χ3n) is 4.44. The van der Waals surface area contributed by atoms with Crippen molar-refractivity contribution in [2.24, 2.45) is 22.2 Å². The second kappa shape index (κ2) is 15.4. The van der Waals surface area contributed by atoms with Crippen LogP contribution in [0.1, 0.15) is 32.6 Å². The Hall–Kier alpha value is -3.50. The van der Waals surface area contributed by atoms with Crippen LogP contribution in [0.5, 0.6) is 0 Å². The number of nitrogens with zero attached hydrogens (tertiary/aromatic N) is 1. The molecule has 0 bridgehead atoms. The van der Waals surface area contributed by atoms with Crippen molar-refractivity contribution in [3.8, 4) is 0 Å². The third-order valence-corrected chi connectivity index (χ3v) is 4.44. The number of guanidine groups is 1. The standard InChI is InChI=1S/C18H33N7O9/c1-8(27)13(25-14(30)9(19)3-2-6-22-18(20)21)16(32)24-11(7-26)15(31)23-10(17(33)34)4-5-12(28)29/h8-11,13,26-27H,2-7,19H2,1H3,(H,23,31)(H,24,32)(H,25,30)(H,28,29)(H,33,34)(H4,20,21,22). The van der Waals surface area contributed by atoms with Crippen molar-refractivity contribution in [3.63, 3.8) is 0 Å². The molecule has 34 heavy (non-hydrogen) atoms. The topological polar surface area (TPSA) is 293 Å². The number of carboxylic acid groups (broad SMARTS) is 2. The minimum absolute atomic E-state index is 0.122. The van der Waals surface area contributed by atoms with E-state index in [1.807, 2.05) is 5.32 Å². The second-order valence-corrected chi connectivity index (χ2v) is 7.36. The molecule has 0 rings (SSSR count). The smallest absolute Gasteiger partial charge is 0.326 e. The number of aliphatic carboxylic acids is 2. The van der Waals surface area contributed by atoms with Crippen molar-refractivity contribution in [3.05, 3.63) is 0 Å². The van der Waals surface area contributed by atoms with E-state index in [0.717, 1.165) is 0 Å². The molecule has 0 aliphatic rings. The SMILES string of the molecule is CC(O)C(NC(=O)C(N)CCCN=C(N)N)C(=O)NC(CO)C(=O)NC(CCC(=O)O)C(=O)O. The Kier molecular flexibility index (Phi) is 13.8. The highest BCUT2D eigenvalue weighted by Crippen LogP contribution is 2.02. The average Bonchev–Trinajstić information content (AvgIpc) is 2.74. The quantitative estimate of drug-likeness (QED) is 0.0552. The van der Waals surface area contributed by atoms with Crippen molar-refractivity contribution in [1.29, 1.82) is 0 Å². The van der Waals surface area contributed by atoms with Gasteiger partial charge in [0.2, 0.25) is 17.7 Å². The summed E-state index contributed by atoms with van der Waals surface area (Å²) in [5, 5.41) is 43.5. The van der Waals surface area contributed by atoms with E-state index < -0.39 is 79.4 Å². The fourth-order valence-electron chi connectivity index (χ4n) is 2.57. The van der Waals surface area contributed by atoms with Gasteiger partial charge in [-0.15, -0.1) is 0 Å². The van der Waals surface area contributed by atoms with E-state index in [-0.39, 0.29) is 18.9 Å². The van der Waals surface area contributed by atoms with E-state index in [1.54, 1.807) is 0 Å². The van der Waals surface area contributed by atoms with Crippen LogP contribution in [0.25, 0.3) is 0 Å². The summed E-state index contributed by atoms with van der Waals surface area (Å²) in [6.07, 6.45) is -1.89. The van der Waals surface area contributed by atoms with Gasteiger partial charge in [0, 0.05) is 13.0 Å². The van der Waals surface area contributed by atoms with E-state index in [2.05, 4.69) is 15.6 Å². The van der Waals surface area contributed by atoms with Crippen LogP contribution in [0.3, 0.4) is 0 Å². The maximum absolute atomic E-state index is 12.5. The van der Waals surface area contributed by atoms with Gasteiger partial charge in [0.05, 0.1) is 18.8 Å². The summed E-state index contributed by atoms with van der Waals surface area (Å²) in [6, 6.07) is -5.85. The van der Waals surface area contributed by atoms with Crippen LogP contribution >= 0.6 is 0 Å². The maximum Gasteiger partial charge on any atom is 0.326 e. The summed E-state index contributed by atoms with van der Waals surface area (Å²) < 4.78 is 0. The van der Waals surface area contributed by atoms with Crippen molar-refractivity contribution in [2.45, 2.75) is 62.9 Å². The van der Waals surface area contributed by atoms with Crippen LogP contribution in [-0.4, -0.2) is 99.5 Å². The molecule has 0 spiro atoms. The van der Waals surface area contributed by atoms with Crippen molar-refractivity contribution < 1.29 is 44.4 Å². The van der Waals surface area contributed by atoms with Gasteiger partial charge in [-0.3, -0.25) is 24.2 Å². The van der Waals surface area contributed by atoms with E-state index in [1.165, 1.54) is 6.92 Å². The van der Waals surface area contributed by atoms with E-state index in [9.17, 15) is 34.2 Å². The minimum atomic E-state index is -1.65. The zero-order chi connectivity index (χ0) is 26.4. The number of amides is 3. The fourth-order valence-corrected chi connectivity index (χ4v) is 2.57. The Morgan fingerprint density at radius 1 is 0.912 bits per heavy atom. The Labute approximate surface area is 194 Å². The predicted molar refractivity (Wildman–Crippen MR) is 117 cm³/mol. The zero-order valence-electron chi connectivity index (χ0n) is 18.6. The third kappa shape index (κ3) is 11.9. The van der Waals surface area contributed by atoms with Crippen LogP contribution < -0.4 is 33.2 Å². The number of aliphatic hydroxyl groups is 2. The lowest BCUT2D eigenvalue weighted by Crippen LogP contribution is -2.60. The Morgan fingerprint density at radius 3 is 1.97 bits per heavy atom. The predicted octanol–water partition coefficient (Wildman–Crippen LogP) is -4.86. The lowest BCUT2D eigenvalue weighted by atomic mass is 10.1. The average molecular weight is 492 g/mol. The number of aliphatic hydroxyl groups excluding tert-OH is 2. The lowest BCUT2D eigenvalue weighted by Gasteiger charge is -2.25. The highest BCUT2D eigenvalue weighted by Gasteiger charge is 2.32. The first-order valence-electron chi connectivity index (χ1n) is 10.3. The largest absolute Gasteiger partial charge is 0.481 e. The van der Waals surface area contributed by atoms with Gasteiger partial charge in [0.1, 0.15) is 18.1 Å². The monoisotopic (exact) mass is 491 g/mol. The Bertz CT molecular complexity index is 756. The molecule has 0 heterocycles. The normalized spacial score (nSPS) is 15.1. The molecule has 16 heteroatoms. The van der Waals surface area contributed by atoms with Crippen LogP contribution in [0.2, 0.25) is 0 Å². The molecule has 0 fully saturated rings. The molecular formula is C18H33N7O9. The Balaban J connectivity index is 5.07. The highest BCUT2D eigenvalue weighted by atomic mass is 16.4. The molecule has 194 valence electrons. The van der Waals surface area contributed by atoms with Crippen LogP contribution in [0, 0.1) is 0 Å². The number of hydrogen-bond donors (Lipinski definition) is 10. The number of carbonyl (C=O) groups excluding carboxylic acids is 3. The molecular weight excluding hydrogens is 458 g/mol. The minimum Gasteiger partial charge on any atom is -0.481 e. The van der Waals surface area contributed by atoms with Gasteiger partial charge in [-0.2, -0.15) is 0 Å². The summed E-state index contributed by atoms with van der Waals surface area (Å²) in [4.78, 5) is 62.7. The maximum atomic E-state index is 12.5. The van der Waals surface area contributed by atoms with E-state index in [4.69, 9.17) is 27.4 Å². The van der Waals surface area contributed by atoms with Gasteiger partial charge < -0.3 is 53.6 Å². The number of hydrogen-bond acceptors (Lipinski definition) is 9.